The Kier molecular flexibility index (Phi) is 8.85. The molecule has 0 saturated heterocycles. The molecule has 0 bridgehead atoms. The van der Waals surface area contributed by atoms with Crippen molar-refractivity contribution in [3.05, 3.63) is 42.5 Å². The second kappa shape index (κ2) is 10.4. The number of nitrogens with one attached hydrogen (secondary N) is 3. The summed E-state index contributed by atoms with van der Waals surface area (Å²) in [5.74, 6) is -0.172. The van der Waals surface area contributed by atoms with Gasteiger partial charge in [0.05, 0.1) is 4.90 Å². The van der Waals surface area contributed by atoms with Gasteiger partial charge in [0.2, 0.25) is 15.9 Å². The van der Waals surface area contributed by atoms with Crippen molar-refractivity contribution in [3.63, 3.8) is 0 Å². The van der Waals surface area contributed by atoms with Crippen molar-refractivity contribution in [3.8, 4) is 0 Å². The Morgan fingerprint density at radius 2 is 1.72 bits per heavy atom. The van der Waals surface area contributed by atoms with Gasteiger partial charge in [-0.15, -0.1) is 12.4 Å². The number of benzene rings is 2. The maximum atomic E-state index is 12.3. The van der Waals surface area contributed by atoms with Gasteiger partial charge >= 0.3 is 0 Å². The van der Waals surface area contributed by atoms with Gasteiger partial charge in [-0.3, -0.25) is 4.79 Å². The van der Waals surface area contributed by atoms with Gasteiger partial charge < -0.3 is 10.6 Å². The normalized spacial score (nSPS) is 11.1. The number of likely N-dealkylation sites (N-methyl/N-ethyl adjacent to an activating group) is 1. The second-order valence-corrected chi connectivity index (χ2v) is 7.13. The molecule has 2 rings (SSSR count). The van der Waals surface area contributed by atoms with Gasteiger partial charge in [0.15, 0.2) is 0 Å². The molecule has 2 aromatic rings. The van der Waals surface area contributed by atoms with Gasteiger partial charge in [0, 0.05) is 26.1 Å². The summed E-state index contributed by atoms with van der Waals surface area (Å²) in [5.41, 5.74) is 0. The minimum atomic E-state index is -3.62. The predicted octanol–water partition coefficient (Wildman–Crippen LogP) is 1.66. The van der Waals surface area contributed by atoms with Gasteiger partial charge in [-0.1, -0.05) is 37.3 Å². The highest BCUT2D eigenvalue weighted by Crippen LogP contribution is 2.18. The van der Waals surface area contributed by atoms with E-state index in [1.54, 1.807) is 18.2 Å². The van der Waals surface area contributed by atoms with Gasteiger partial charge in [-0.25, -0.2) is 13.1 Å². The molecule has 0 spiro atoms. The zero-order valence-corrected chi connectivity index (χ0v) is 15.8. The number of carbonyl (C=O) groups excluding carboxylic acids is 1. The Balaban J connectivity index is 0.00000312. The molecular weight excluding hydrogens is 362 g/mol. The van der Waals surface area contributed by atoms with Crippen LogP contribution in [0, 0.1) is 0 Å². The van der Waals surface area contributed by atoms with Crippen LogP contribution in [-0.4, -0.2) is 40.5 Å². The number of sulfonamides is 1. The van der Waals surface area contributed by atoms with Crippen molar-refractivity contribution < 1.29 is 13.2 Å². The minimum absolute atomic E-state index is 0. The minimum Gasteiger partial charge on any atom is -0.355 e. The lowest BCUT2D eigenvalue weighted by Gasteiger charge is -2.08. The predicted molar refractivity (Wildman–Crippen MR) is 103 cm³/mol. The summed E-state index contributed by atoms with van der Waals surface area (Å²) in [5, 5.41) is 7.67. The molecule has 0 aliphatic carbocycles. The highest BCUT2D eigenvalue weighted by Gasteiger charge is 2.14. The molecule has 0 saturated carbocycles. The first-order chi connectivity index (χ1) is 11.5. The molecule has 25 heavy (non-hydrogen) atoms. The number of carbonyl (C=O) groups is 1. The molecule has 138 valence electrons. The molecule has 8 heteroatoms. The second-order valence-electron chi connectivity index (χ2n) is 5.36. The lowest BCUT2D eigenvalue weighted by molar-refractivity contribution is -0.120. The van der Waals surface area contributed by atoms with E-state index in [1.165, 1.54) is 0 Å². The molecule has 6 nitrogen and oxygen atoms in total. The summed E-state index contributed by atoms with van der Waals surface area (Å²) in [7, 11) is -3.62. The molecule has 0 aliphatic heterocycles. The molecule has 2 aromatic carbocycles. The number of fused-ring (bicyclic) bond motifs is 1. The summed E-state index contributed by atoms with van der Waals surface area (Å²) >= 11 is 0. The third-order valence-corrected chi connectivity index (χ3v) is 5.01. The zero-order valence-electron chi connectivity index (χ0n) is 14.1. The highest BCUT2D eigenvalue weighted by molar-refractivity contribution is 7.89. The Morgan fingerprint density at radius 1 is 1.00 bits per heavy atom. The number of hydrogen-bond donors (Lipinski definition) is 3. The van der Waals surface area contributed by atoms with Crippen LogP contribution < -0.4 is 15.4 Å². The van der Waals surface area contributed by atoms with Crippen LogP contribution in [0.25, 0.3) is 10.8 Å². The van der Waals surface area contributed by atoms with Crippen LogP contribution in [0.15, 0.2) is 47.4 Å². The maximum Gasteiger partial charge on any atom is 0.240 e. The van der Waals surface area contributed by atoms with E-state index < -0.39 is 10.0 Å². The van der Waals surface area contributed by atoms with Gasteiger partial charge in [0.1, 0.15) is 0 Å². The molecule has 3 N–H and O–H groups in total. The van der Waals surface area contributed by atoms with E-state index >= 15 is 0 Å². The van der Waals surface area contributed by atoms with E-state index in [4.69, 9.17) is 0 Å². The van der Waals surface area contributed by atoms with Crippen LogP contribution in [0.2, 0.25) is 0 Å². The van der Waals surface area contributed by atoms with E-state index in [1.807, 2.05) is 31.2 Å². The maximum absolute atomic E-state index is 12.3. The van der Waals surface area contributed by atoms with E-state index in [0.717, 1.165) is 17.3 Å². The Bertz CT molecular complexity index is 797. The largest absolute Gasteiger partial charge is 0.355 e. The molecule has 0 aliphatic rings. The Hall–Kier alpha value is -1.67. The summed E-state index contributed by atoms with van der Waals surface area (Å²) in [6.45, 7) is 4.14. The first-order valence-corrected chi connectivity index (χ1v) is 9.47. The third kappa shape index (κ3) is 6.62. The van der Waals surface area contributed by atoms with Crippen molar-refractivity contribution >= 4 is 39.1 Å². The average Bonchev–Trinajstić information content (AvgIpc) is 2.58. The van der Waals surface area contributed by atoms with Crippen LogP contribution in [-0.2, 0) is 14.8 Å². The molecule has 0 heterocycles. The van der Waals surface area contributed by atoms with Crippen molar-refractivity contribution in [2.24, 2.45) is 0 Å². The first kappa shape index (κ1) is 21.4. The number of halogens is 1. The van der Waals surface area contributed by atoms with Crippen molar-refractivity contribution in [1.29, 1.82) is 0 Å². The fraction of sp³-hybridized carbons (Fsp3) is 0.353. The lowest BCUT2D eigenvalue weighted by atomic mass is 10.1. The van der Waals surface area contributed by atoms with Gasteiger partial charge in [-0.2, -0.15) is 0 Å². The fourth-order valence-corrected chi connectivity index (χ4v) is 3.34. The van der Waals surface area contributed by atoms with Crippen molar-refractivity contribution in [2.75, 3.05) is 26.2 Å². The van der Waals surface area contributed by atoms with E-state index in [-0.39, 0.29) is 36.2 Å². The van der Waals surface area contributed by atoms with Crippen LogP contribution in [0.5, 0.6) is 0 Å². The van der Waals surface area contributed by atoms with Crippen molar-refractivity contribution in [2.45, 2.75) is 18.2 Å². The molecule has 1 amide bonds. The molecule has 0 unspecified atom stereocenters. The summed E-state index contributed by atoms with van der Waals surface area (Å²) in [4.78, 5) is 11.8. The van der Waals surface area contributed by atoms with Crippen LogP contribution in [0.3, 0.4) is 0 Å². The zero-order chi connectivity index (χ0) is 17.4. The summed E-state index contributed by atoms with van der Waals surface area (Å²) in [6, 6.07) is 12.5. The van der Waals surface area contributed by atoms with Crippen molar-refractivity contribution in [1.82, 2.24) is 15.4 Å². The first-order valence-electron chi connectivity index (χ1n) is 7.99. The number of rotatable bonds is 9. The smallest absolute Gasteiger partial charge is 0.240 e. The number of amides is 1. The van der Waals surface area contributed by atoms with Crippen LogP contribution in [0.1, 0.15) is 13.3 Å². The summed E-state index contributed by atoms with van der Waals surface area (Å²) in [6.07, 6.45) is 0.110. The molecule has 0 fully saturated rings. The van der Waals surface area contributed by atoms with Crippen LogP contribution in [0.4, 0.5) is 0 Å². The topological polar surface area (TPSA) is 87.3 Å². The SMILES string of the molecule is CCNCCNC(=O)CCNS(=O)(=O)c1ccc2ccccc2c1.Cl. The fourth-order valence-electron chi connectivity index (χ4n) is 2.27. The molecule has 0 radical (unpaired) electrons. The molecular formula is C17H24ClN3O3S. The highest BCUT2D eigenvalue weighted by atomic mass is 35.5. The number of hydrogen-bond acceptors (Lipinski definition) is 4. The third-order valence-electron chi connectivity index (χ3n) is 3.55. The summed E-state index contributed by atoms with van der Waals surface area (Å²) < 4.78 is 27.1. The van der Waals surface area contributed by atoms with E-state index in [0.29, 0.717) is 13.1 Å². The van der Waals surface area contributed by atoms with Crippen LogP contribution >= 0.6 is 12.4 Å². The molecule has 0 aromatic heterocycles. The monoisotopic (exact) mass is 385 g/mol. The van der Waals surface area contributed by atoms with E-state index in [2.05, 4.69) is 15.4 Å². The average molecular weight is 386 g/mol. The van der Waals surface area contributed by atoms with Gasteiger partial charge in [0.25, 0.3) is 0 Å². The standard InChI is InChI=1S/C17H23N3O3S.ClH/c1-2-18-11-12-19-17(21)9-10-20-24(22,23)16-8-7-14-5-3-4-6-15(14)13-16;/h3-8,13,18,20H,2,9-12H2,1H3,(H,19,21);1H. The lowest BCUT2D eigenvalue weighted by Crippen LogP contribution is -2.34. The van der Waals surface area contributed by atoms with E-state index in [9.17, 15) is 13.2 Å². The van der Waals surface area contributed by atoms with Gasteiger partial charge in [-0.05, 0) is 29.4 Å². The Labute approximate surface area is 154 Å². The quantitative estimate of drug-likeness (QED) is 0.573. The Morgan fingerprint density at radius 3 is 2.44 bits per heavy atom. The molecule has 0 atom stereocenters.